The van der Waals surface area contributed by atoms with Gasteiger partial charge in [-0.25, -0.2) is 14.8 Å². The Balaban J connectivity index is 1.60. The van der Waals surface area contributed by atoms with Crippen molar-refractivity contribution >= 4 is 17.0 Å². The summed E-state index contributed by atoms with van der Waals surface area (Å²) in [5.74, 6) is 0.569. The molecule has 0 unspecified atom stereocenters. The quantitative estimate of drug-likeness (QED) is 0.540. The van der Waals surface area contributed by atoms with Crippen molar-refractivity contribution in [2.45, 2.75) is 6.54 Å². The fourth-order valence-corrected chi connectivity index (χ4v) is 2.57. The number of benzene rings is 2. The van der Waals surface area contributed by atoms with Crippen LogP contribution in [0.2, 0.25) is 0 Å². The largest absolute Gasteiger partial charge is 0.350 e. The standard InChI is InChI=1S/C18H15N5O/c24-18-22-15-7-6-13(10-16(15)23-18)14-8-9-19-17(21-14)20-11-12-4-2-1-3-5-12/h1-10H,11H2,(H,19,20,21)(H2,22,23,24). The average molecular weight is 317 g/mol. The number of anilines is 1. The molecule has 0 saturated heterocycles. The number of fused-ring (bicyclic) bond motifs is 1. The van der Waals surface area contributed by atoms with Crippen LogP contribution in [0.1, 0.15) is 5.56 Å². The number of H-pyrrole nitrogens is 2. The molecule has 4 rings (SSSR count). The predicted molar refractivity (Wildman–Crippen MR) is 93.7 cm³/mol. The van der Waals surface area contributed by atoms with Crippen LogP contribution in [0.5, 0.6) is 0 Å². The summed E-state index contributed by atoms with van der Waals surface area (Å²) in [5, 5.41) is 3.23. The van der Waals surface area contributed by atoms with Crippen molar-refractivity contribution in [3.63, 3.8) is 0 Å². The Hall–Kier alpha value is -3.41. The molecule has 6 heteroatoms. The zero-order valence-corrected chi connectivity index (χ0v) is 12.8. The Labute approximate surface area is 137 Å². The minimum Gasteiger partial charge on any atom is -0.350 e. The van der Waals surface area contributed by atoms with Crippen LogP contribution < -0.4 is 11.0 Å². The molecule has 0 aliphatic carbocycles. The van der Waals surface area contributed by atoms with E-state index in [1.807, 2.05) is 54.6 Å². The molecule has 0 atom stereocenters. The van der Waals surface area contributed by atoms with E-state index in [2.05, 4.69) is 25.3 Å². The number of hydrogen-bond acceptors (Lipinski definition) is 4. The molecule has 2 aromatic carbocycles. The molecule has 0 amide bonds. The molecule has 0 radical (unpaired) electrons. The summed E-state index contributed by atoms with van der Waals surface area (Å²) in [7, 11) is 0. The first-order chi connectivity index (χ1) is 11.8. The van der Waals surface area contributed by atoms with Crippen LogP contribution in [-0.4, -0.2) is 19.9 Å². The van der Waals surface area contributed by atoms with Gasteiger partial charge in [0, 0.05) is 18.3 Å². The van der Waals surface area contributed by atoms with Crippen molar-refractivity contribution in [1.29, 1.82) is 0 Å². The van der Waals surface area contributed by atoms with Gasteiger partial charge in [0.1, 0.15) is 0 Å². The molecule has 6 nitrogen and oxygen atoms in total. The molecule has 3 N–H and O–H groups in total. The summed E-state index contributed by atoms with van der Waals surface area (Å²) >= 11 is 0. The van der Waals surface area contributed by atoms with Gasteiger partial charge in [0.2, 0.25) is 5.95 Å². The molecule has 0 aliphatic rings. The van der Waals surface area contributed by atoms with Gasteiger partial charge in [-0.15, -0.1) is 0 Å². The van der Waals surface area contributed by atoms with Crippen LogP contribution in [0.25, 0.3) is 22.3 Å². The molecule has 0 saturated carbocycles. The highest BCUT2D eigenvalue weighted by Gasteiger charge is 2.05. The fraction of sp³-hybridized carbons (Fsp3) is 0.0556. The average Bonchev–Trinajstić information content (AvgIpc) is 3.00. The third-order valence-corrected chi connectivity index (χ3v) is 3.76. The van der Waals surface area contributed by atoms with E-state index in [9.17, 15) is 4.79 Å². The minimum absolute atomic E-state index is 0.213. The first-order valence-electron chi connectivity index (χ1n) is 7.61. The highest BCUT2D eigenvalue weighted by Crippen LogP contribution is 2.21. The first-order valence-corrected chi connectivity index (χ1v) is 7.61. The van der Waals surface area contributed by atoms with E-state index >= 15 is 0 Å². The molecule has 118 valence electrons. The molecular weight excluding hydrogens is 302 g/mol. The van der Waals surface area contributed by atoms with Crippen molar-refractivity contribution in [2.75, 3.05) is 5.32 Å². The number of imidazole rings is 1. The number of hydrogen-bond donors (Lipinski definition) is 3. The predicted octanol–water partition coefficient (Wildman–Crippen LogP) is 2.93. The second kappa shape index (κ2) is 6.00. The van der Waals surface area contributed by atoms with Gasteiger partial charge in [0.05, 0.1) is 16.7 Å². The highest BCUT2D eigenvalue weighted by atomic mass is 16.1. The zero-order chi connectivity index (χ0) is 16.4. The van der Waals surface area contributed by atoms with Crippen LogP contribution >= 0.6 is 0 Å². The lowest BCUT2D eigenvalue weighted by Gasteiger charge is -2.07. The number of rotatable bonds is 4. The lowest BCUT2D eigenvalue weighted by Crippen LogP contribution is -2.03. The summed E-state index contributed by atoms with van der Waals surface area (Å²) in [5.41, 5.74) is 4.20. The van der Waals surface area contributed by atoms with Crippen LogP contribution in [0, 0.1) is 0 Å². The minimum atomic E-state index is -0.213. The van der Waals surface area contributed by atoms with Crippen LogP contribution in [-0.2, 0) is 6.54 Å². The summed E-state index contributed by atoms with van der Waals surface area (Å²) in [4.78, 5) is 25.7. The maximum Gasteiger partial charge on any atom is 0.323 e. The topological polar surface area (TPSA) is 86.5 Å². The monoisotopic (exact) mass is 317 g/mol. The molecule has 0 aliphatic heterocycles. The summed E-state index contributed by atoms with van der Waals surface area (Å²) in [6.45, 7) is 0.661. The molecular formula is C18H15N5O. The van der Waals surface area contributed by atoms with Gasteiger partial charge >= 0.3 is 5.69 Å². The fourth-order valence-electron chi connectivity index (χ4n) is 2.57. The SMILES string of the molecule is O=c1[nH]c2ccc(-c3ccnc(NCc4ccccc4)n3)cc2[nH]1. The Morgan fingerprint density at radius 1 is 0.958 bits per heavy atom. The van der Waals surface area contributed by atoms with E-state index in [4.69, 9.17) is 0 Å². The Bertz CT molecular complexity index is 1040. The molecule has 0 spiro atoms. The van der Waals surface area contributed by atoms with E-state index in [-0.39, 0.29) is 5.69 Å². The van der Waals surface area contributed by atoms with Crippen molar-refractivity contribution in [3.05, 3.63) is 76.8 Å². The molecule has 4 aromatic rings. The normalized spacial score (nSPS) is 10.8. The molecule has 0 bridgehead atoms. The number of nitrogens with one attached hydrogen (secondary N) is 3. The van der Waals surface area contributed by atoms with E-state index < -0.39 is 0 Å². The van der Waals surface area contributed by atoms with Crippen LogP contribution in [0.15, 0.2) is 65.6 Å². The van der Waals surface area contributed by atoms with Gasteiger partial charge in [0.15, 0.2) is 0 Å². The van der Waals surface area contributed by atoms with E-state index in [1.54, 1.807) is 6.20 Å². The Kier molecular flexibility index (Phi) is 3.55. The third kappa shape index (κ3) is 2.89. The van der Waals surface area contributed by atoms with E-state index in [0.717, 1.165) is 27.9 Å². The maximum atomic E-state index is 11.4. The van der Waals surface area contributed by atoms with Crippen LogP contribution in [0.3, 0.4) is 0 Å². The van der Waals surface area contributed by atoms with Gasteiger partial charge in [-0.3, -0.25) is 0 Å². The van der Waals surface area contributed by atoms with Crippen molar-refractivity contribution in [2.24, 2.45) is 0 Å². The first kappa shape index (κ1) is 14.2. The third-order valence-electron chi connectivity index (χ3n) is 3.76. The van der Waals surface area contributed by atoms with E-state index in [1.165, 1.54) is 0 Å². The van der Waals surface area contributed by atoms with Crippen LogP contribution in [0.4, 0.5) is 5.95 Å². The van der Waals surface area contributed by atoms with Crippen molar-refractivity contribution in [3.8, 4) is 11.3 Å². The van der Waals surface area contributed by atoms with Gasteiger partial charge in [0.25, 0.3) is 0 Å². The summed E-state index contributed by atoms with van der Waals surface area (Å²) in [6.07, 6.45) is 1.72. The molecule has 2 aromatic heterocycles. The molecule has 24 heavy (non-hydrogen) atoms. The second-order valence-corrected chi connectivity index (χ2v) is 5.44. The van der Waals surface area contributed by atoms with Gasteiger partial charge in [-0.1, -0.05) is 36.4 Å². The summed E-state index contributed by atoms with van der Waals surface area (Å²) in [6, 6.07) is 17.6. The second-order valence-electron chi connectivity index (χ2n) is 5.44. The lowest BCUT2D eigenvalue weighted by atomic mass is 10.1. The maximum absolute atomic E-state index is 11.4. The Morgan fingerprint density at radius 2 is 1.79 bits per heavy atom. The molecule has 0 fully saturated rings. The smallest absolute Gasteiger partial charge is 0.323 e. The van der Waals surface area contributed by atoms with Gasteiger partial charge < -0.3 is 15.3 Å². The zero-order valence-electron chi connectivity index (χ0n) is 12.8. The lowest BCUT2D eigenvalue weighted by molar-refractivity contribution is 1.06. The highest BCUT2D eigenvalue weighted by molar-refractivity contribution is 5.80. The Morgan fingerprint density at radius 3 is 2.67 bits per heavy atom. The summed E-state index contributed by atoms with van der Waals surface area (Å²) < 4.78 is 0. The van der Waals surface area contributed by atoms with Crippen molar-refractivity contribution in [1.82, 2.24) is 19.9 Å². The number of nitrogens with zero attached hydrogens (tertiary/aromatic N) is 2. The molecule has 2 heterocycles. The van der Waals surface area contributed by atoms with Gasteiger partial charge in [-0.2, -0.15) is 0 Å². The van der Waals surface area contributed by atoms with Gasteiger partial charge in [-0.05, 0) is 23.8 Å². The number of aromatic amines is 2. The van der Waals surface area contributed by atoms with Crippen molar-refractivity contribution < 1.29 is 0 Å². The number of aromatic nitrogens is 4. The van der Waals surface area contributed by atoms with E-state index in [0.29, 0.717) is 12.5 Å².